The van der Waals surface area contributed by atoms with Crippen molar-refractivity contribution >= 4 is 12.0 Å². The summed E-state index contributed by atoms with van der Waals surface area (Å²) in [6.07, 6.45) is 3.08. The van der Waals surface area contributed by atoms with Crippen LogP contribution in [0.4, 0.5) is 0 Å². The quantitative estimate of drug-likeness (QED) is 0.459. The fraction of sp³-hybridized carbons (Fsp3) is 0.211. The second kappa shape index (κ2) is 8.03. The number of ether oxygens (including phenoxy) is 3. The van der Waals surface area contributed by atoms with Crippen molar-refractivity contribution in [1.82, 2.24) is 0 Å². The molecule has 2 aromatic carbocycles. The van der Waals surface area contributed by atoms with Gasteiger partial charge in [0.25, 0.3) is 0 Å². The number of benzene rings is 2. The van der Waals surface area contributed by atoms with Crippen LogP contribution < -0.4 is 14.2 Å². The van der Waals surface area contributed by atoms with Gasteiger partial charge in [-0.3, -0.25) is 0 Å². The summed E-state index contributed by atoms with van der Waals surface area (Å²) in [6.45, 7) is 4.50. The van der Waals surface area contributed by atoms with Gasteiger partial charge in [-0.25, -0.2) is 4.79 Å². The van der Waals surface area contributed by atoms with Crippen LogP contribution in [0.5, 0.6) is 17.2 Å². The number of aryl methyl sites for hydroxylation is 1. The van der Waals surface area contributed by atoms with Gasteiger partial charge < -0.3 is 14.2 Å². The van der Waals surface area contributed by atoms with Crippen LogP contribution in [-0.2, 0) is 4.79 Å². The summed E-state index contributed by atoms with van der Waals surface area (Å²) in [5.74, 6) is 1.28. The smallest absolute Gasteiger partial charge is 0.336 e. The highest BCUT2D eigenvalue weighted by molar-refractivity contribution is 5.89. The van der Waals surface area contributed by atoms with Crippen LogP contribution in [0.2, 0.25) is 0 Å². The van der Waals surface area contributed by atoms with Crippen molar-refractivity contribution in [2.75, 3.05) is 13.7 Å². The molecule has 2 aromatic rings. The molecule has 0 atom stereocenters. The van der Waals surface area contributed by atoms with Gasteiger partial charge in [-0.2, -0.15) is 0 Å². The van der Waals surface area contributed by atoms with E-state index in [9.17, 15) is 4.79 Å². The normalized spacial score (nSPS) is 10.6. The SMILES string of the molecule is CCOc1ccc(/C=C/C(=O)Oc2ccc(C)cc2OC)cc1. The molecule has 0 bridgehead atoms. The third-order valence-corrected chi connectivity index (χ3v) is 3.13. The first-order valence-corrected chi connectivity index (χ1v) is 7.39. The predicted octanol–water partition coefficient (Wildman–Crippen LogP) is 4.02. The summed E-state index contributed by atoms with van der Waals surface area (Å²) >= 11 is 0. The van der Waals surface area contributed by atoms with Crippen molar-refractivity contribution in [2.45, 2.75) is 13.8 Å². The summed E-state index contributed by atoms with van der Waals surface area (Å²) in [5.41, 5.74) is 1.92. The second-order valence-electron chi connectivity index (χ2n) is 4.91. The first-order chi connectivity index (χ1) is 11.1. The van der Waals surface area contributed by atoms with E-state index in [1.165, 1.54) is 6.08 Å². The molecule has 4 heteroatoms. The van der Waals surface area contributed by atoms with E-state index in [0.29, 0.717) is 18.1 Å². The van der Waals surface area contributed by atoms with Gasteiger partial charge in [0.2, 0.25) is 0 Å². The molecule has 23 heavy (non-hydrogen) atoms. The second-order valence-corrected chi connectivity index (χ2v) is 4.91. The molecule has 0 N–H and O–H groups in total. The van der Waals surface area contributed by atoms with Crippen molar-refractivity contribution in [3.8, 4) is 17.2 Å². The molecule has 0 heterocycles. The number of methoxy groups -OCH3 is 1. The van der Waals surface area contributed by atoms with Crippen LogP contribution in [0.15, 0.2) is 48.5 Å². The first-order valence-electron chi connectivity index (χ1n) is 7.39. The van der Waals surface area contributed by atoms with Gasteiger partial charge in [-0.1, -0.05) is 18.2 Å². The molecule has 0 amide bonds. The van der Waals surface area contributed by atoms with Gasteiger partial charge in [0.15, 0.2) is 11.5 Å². The first kappa shape index (κ1) is 16.6. The number of hydrogen-bond donors (Lipinski definition) is 0. The lowest BCUT2D eigenvalue weighted by molar-refractivity contribution is -0.129. The van der Waals surface area contributed by atoms with E-state index in [4.69, 9.17) is 14.2 Å². The minimum atomic E-state index is -0.457. The van der Waals surface area contributed by atoms with Gasteiger partial charge in [0.1, 0.15) is 5.75 Å². The average molecular weight is 312 g/mol. The zero-order chi connectivity index (χ0) is 16.7. The van der Waals surface area contributed by atoms with Gasteiger partial charge in [0, 0.05) is 6.08 Å². The Morgan fingerprint density at radius 2 is 1.83 bits per heavy atom. The maximum Gasteiger partial charge on any atom is 0.336 e. The van der Waals surface area contributed by atoms with E-state index < -0.39 is 5.97 Å². The molecule has 2 rings (SSSR count). The van der Waals surface area contributed by atoms with Crippen molar-refractivity contribution in [3.63, 3.8) is 0 Å². The maximum atomic E-state index is 11.9. The molecule has 0 radical (unpaired) electrons. The summed E-state index contributed by atoms with van der Waals surface area (Å²) in [4.78, 5) is 11.9. The van der Waals surface area contributed by atoms with Crippen LogP contribution in [0, 0.1) is 6.92 Å². The van der Waals surface area contributed by atoms with Crippen LogP contribution in [-0.4, -0.2) is 19.7 Å². The molecule has 0 aliphatic heterocycles. The zero-order valence-electron chi connectivity index (χ0n) is 13.5. The Morgan fingerprint density at radius 3 is 2.48 bits per heavy atom. The number of carbonyl (C=O) groups is 1. The molecule has 0 saturated carbocycles. The maximum absolute atomic E-state index is 11.9. The molecular formula is C19H20O4. The Bertz CT molecular complexity index is 687. The number of hydrogen-bond acceptors (Lipinski definition) is 4. The number of rotatable bonds is 6. The molecule has 0 fully saturated rings. The van der Waals surface area contributed by atoms with Crippen molar-refractivity contribution in [2.24, 2.45) is 0 Å². The summed E-state index contributed by atoms with van der Waals surface area (Å²) in [6, 6.07) is 12.9. The van der Waals surface area contributed by atoms with Crippen molar-refractivity contribution < 1.29 is 19.0 Å². The molecule has 0 spiro atoms. The zero-order valence-corrected chi connectivity index (χ0v) is 13.5. The van der Waals surface area contributed by atoms with E-state index in [0.717, 1.165) is 16.9 Å². The lowest BCUT2D eigenvalue weighted by Gasteiger charge is -2.08. The van der Waals surface area contributed by atoms with Crippen LogP contribution >= 0.6 is 0 Å². The molecular weight excluding hydrogens is 292 g/mol. The van der Waals surface area contributed by atoms with Crippen molar-refractivity contribution in [1.29, 1.82) is 0 Å². The Morgan fingerprint density at radius 1 is 1.09 bits per heavy atom. The van der Waals surface area contributed by atoms with Gasteiger partial charge in [-0.15, -0.1) is 0 Å². The largest absolute Gasteiger partial charge is 0.494 e. The Balaban J connectivity index is 2.01. The molecule has 0 aliphatic rings. The number of esters is 1. The highest BCUT2D eigenvalue weighted by Crippen LogP contribution is 2.28. The van der Waals surface area contributed by atoms with E-state index in [1.807, 2.05) is 50.2 Å². The van der Waals surface area contributed by atoms with Crippen molar-refractivity contribution in [3.05, 3.63) is 59.7 Å². The van der Waals surface area contributed by atoms with E-state index >= 15 is 0 Å². The third-order valence-electron chi connectivity index (χ3n) is 3.13. The third kappa shape index (κ3) is 4.88. The Kier molecular flexibility index (Phi) is 5.80. The van der Waals surface area contributed by atoms with Crippen LogP contribution in [0.1, 0.15) is 18.1 Å². The Labute approximate surface area is 136 Å². The minimum absolute atomic E-state index is 0.402. The predicted molar refractivity (Wildman–Crippen MR) is 90.0 cm³/mol. The van der Waals surface area contributed by atoms with E-state index in [1.54, 1.807) is 19.3 Å². The molecule has 0 aromatic heterocycles. The number of carbonyl (C=O) groups excluding carboxylic acids is 1. The average Bonchev–Trinajstić information content (AvgIpc) is 2.56. The summed E-state index contributed by atoms with van der Waals surface area (Å²) in [7, 11) is 1.54. The topological polar surface area (TPSA) is 44.8 Å². The van der Waals surface area contributed by atoms with Gasteiger partial charge in [0.05, 0.1) is 13.7 Å². The van der Waals surface area contributed by atoms with Crippen LogP contribution in [0.3, 0.4) is 0 Å². The lowest BCUT2D eigenvalue weighted by Crippen LogP contribution is -2.05. The molecule has 0 unspecified atom stereocenters. The molecule has 4 nitrogen and oxygen atoms in total. The molecule has 120 valence electrons. The highest BCUT2D eigenvalue weighted by Gasteiger charge is 2.07. The fourth-order valence-corrected chi connectivity index (χ4v) is 2.01. The Hall–Kier alpha value is -2.75. The molecule has 0 aliphatic carbocycles. The van der Waals surface area contributed by atoms with E-state index in [2.05, 4.69) is 0 Å². The fourth-order valence-electron chi connectivity index (χ4n) is 2.01. The summed E-state index contributed by atoms with van der Waals surface area (Å²) in [5, 5.41) is 0. The molecule has 0 saturated heterocycles. The standard InChI is InChI=1S/C19H20O4/c1-4-22-16-9-6-15(7-10-16)8-12-19(20)23-17-11-5-14(2)13-18(17)21-3/h5-13H,4H2,1-3H3/b12-8+. The van der Waals surface area contributed by atoms with Crippen LogP contribution in [0.25, 0.3) is 6.08 Å². The van der Waals surface area contributed by atoms with Gasteiger partial charge >= 0.3 is 5.97 Å². The van der Waals surface area contributed by atoms with E-state index in [-0.39, 0.29) is 0 Å². The lowest BCUT2D eigenvalue weighted by atomic mass is 10.2. The highest BCUT2D eigenvalue weighted by atomic mass is 16.6. The monoisotopic (exact) mass is 312 g/mol. The summed E-state index contributed by atoms with van der Waals surface area (Å²) < 4.78 is 15.9. The van der Waals surface area contributed by atoms with Gasteiger partial charge in [-0.05, 0) is 55.3 Å². The minimum Gasteiger partial charge on any atom is -0.494 e.